The van der Waals surface area contributed by atoms with Crippen LogP contribution >= 0.6 is 38.9 Å². The highest BCUT2D eigenvalue weighted by atomic mass is 79.9. The minimum atomic E-state index is -4.65. The summed E-state index contributed by atoms with van der Waals surface area (Å²) < 4.78 is 56.7. The number of thiazole rings is 1. The van der Waals surface area contributed by atoms with Crippen molar-refractivity contribution in [3.8, 4) is 33.4 Å². The number of carboxylic acids is 1. The Labute approximate surface area is 537 Å². The van der Waals surface area contributed by atoms with Gasteiger partial charge in [0.15, 0.2) is 11.6 Å². The lowest BCUT2D eigenvalue weighted by atomic mass is 10.0. The van der Waals surface area contributed by atoms with Gasteiger partial charge in [-0.1, -0.05) is 54.9 Å². The molecule has 0 aliphatic heterocycles. The molecule has 0 saturated heterocycles. The van der Waals surface area contributed by atoms with Crippen molar-refractivity contribution in [1.29, 1.82) is 0 Å². The Balaban J connectivity index is 0.000000146. The summed E-state index contributed by atoms with van der Waals surface area (Å²) >= 11 is 10.0. The van der Waals surface area contributed by atoms with E-state index in [1.807, 2.05) is 98.2 Å². The molecule has 0 amide bonds. The summed E-state index contributed by atoms with van der Waals surface area (Å²) in [5.74, 6) is -2.50. The summed E-state index contributed by atoms with van der Waals surface area (Å²) in [5.41, 5.74) is 9.02. The van der Waals surface area contributed by atoms with Crippen LogP contribution in [0.4, 0.5) is 13.2 Å². The van der Waals surface area contributed by atoms with Crippen LogP contribution in [0.25, 0.3) is 55.4 Å². The second-order valence-electron chi connectivity index (χ2n) is 20.0. The van der Waals surface area contributed by atoms with Crippen LogP contribution < -0.4 is 0 Å². The van der Waals surface area contributed by atoms with Gasteiger partial charge >= 0.3 is 24.1 Å². The monoisotopic (exact) mass is 1340 g/mol. The number of Topliss-reactive ketones (excluding diaryl/α,β-unsaturated/α-hetero) is 2. The fourth-order valence-corrected chi connectivity index (χ4v) is 10.7. The number of esters is 2. The molecule has 0 aliphatic carbocycles. The summed E-state index contributed by atoms with van der Waals surface area (Å²) in [6.45, 7) is 6.11. The zero-order chi connectivity index (χ0) is 65.1. The summed E-state index contributed by atoms with van der Waals surface area (Å²) in [5, 5.41) is 25.7. The average molecular weight is 1350 g/mol. The van der Waals surface area contributed by atoms with E-state index in [9.17, 15) is 37.1 Å². The molecule has 0 fully saturated rings. The molecule has 13 heterocycles. The molecule has 0 aromatic carbocycles. The summed E-state index contributed by atoms with van der Waals surface area (Å²) in [7, 11) is 0. The maximum atomic E-state index is 13.1. The van der Waals surface area contributed by atoms with Gasteiger partial charge in [-0.3, -0.25) is 29.5 Å². The first kappa shape index (κ1) is 64.3. The predicted molar refractivity (Wildman–Crippen MR) is 339 cm³/mol. The lowest BCUT2D eigenvalue weighted by molar-refractivity contribution is -0.137. The molecule has 1 atom stereocenters. The van der Waals surface area contributed by atoms with E-state index < -0.39 is 28.5 Å². The van der Waals surface area contributed by atoms with Crippen LogP contribution in [0.1, 0.15) is 100 Å². The molecule has 0 radical (unpaired) electrons. The van der Waals surface area contributed by atoms with Crippen molar-refractivity contribution in [1.82, 2.24) is 63.4 Å². The van der Waals surface area contributed by atoms with Crippen LogP contribution in [0, 0.1) is 0 Å². The Bertz CT molecular complexity index is 4810. The minimum Gasteiger partial charge on any atom is -0.478 e. The van der Waals surface area contributed by atoms with Crippen molar-refractivity contribution in [3.05, 3.63) is 243 Å². The number of rotatable bonds is 15. The van der Waals surface area contributed by atoms with Crippen molar-refractivity contribution in [2.24, 2.45) is 0 Å². The van der Waals surface area contributed by atoms with Gasteiger partial charge in [0.25, 0.3) is 0 Å². The number of carboxylic acid groups (broad SMARTS) is 1. The van der Waals surface area contributed by atoms with E-state index in [4.69, 9.17) is 26.2 Å². The standard InChI is InChI=1S/C27H19ClF3N5O2S.C15H13N3O2.C13H9N3O2.C10H9BrN2O2/c1-15(7-23(37)19-11-35-36-14-17(4-5-22(19)36)16-3-2-6-32-10-16)26-34-13-25(39-26)24(38)9-18-8-20(27(29,30)31)21(28)12-33-18;1-2-20-15(19)13-9-17-18-10-12(5-6-14(13)18)11-4-3-7-16-8-11;17-13(18)11-7-15-16-8-10(3-4-12(11)16)9-2-1-5-14-6-9;1-2-15-10(14)8-5-12-13-6-7(11)3-4-9(8)13/h2-6,8,10-15H,7,9H2,1H3;3-10H,2H2,1H3;1-8H,(H,17,18);3-6H,2H2,1H3. The predicted octanol–water partition coefficient (Wildman–Crippen LogP) is 13.7. The quantitative estimate of drug-likeness (QED) is 0.0739. The van der Waals surface area contributed by atoms with Crippen molar-refractivity contribution >= 4 is 90.4 Å². The van der Waals surface area contributed by atoms with E-state index >= 15 is 0 Å². The Morgan fingerprint density at radius 2 is 1.01 bits per heavy atom. The highest BCUT2D eigenvalue weighted by Crippen LogP contribution is 2.35. The number of carbonyl (C=O) groups excluding carboxylic acids is 4. The topological polar surface area (TPSA) is 258 Å². The van der Waals surface area contributed by atoms with E-state index in [0.717, 1.165) is 72.5 Å². The molecule has 21 nitrogen and oxygen atoms in total. The Kier molecular flexibility index (Phi) is 20.2. The van der Waals surface area contributed by atoms with E-state index in [1.165, 1.54) is 31.0 Å². The number of hydrogen-bond acceptors (Lipinski definition) is 17. The minimum absolute atomic E-state index is 0.0466. The highest BCUT2D eigenvalue weighted by molar-refractivity contribution is 9.10. The molecule has 0 spiro atoms. The number of halogens is 5. The van der Waals surface area contributed by atoms with Gasteiger partial charge in [0.05, 0.1) is 92.5 Å². The number of fused-ring (bicyclic) bond motifs is 4. The number of ketones is 2. The van der Waals surface area contributed by atoms with Crippen LogP contribution in [0.5, 0.6) is 0 Å². The maximum Gasteiger partial charge on any atom is 0.417 e. The number of carbonyl (C=O) groups is 5. The van der Waals surface area contributed by atoms with Crippen LogP contribution in [0.3, 0.4) is 0 Å². The third-order valence-corrected chi connectivity index (χ3v) is 15.8. The summed E-state index contributed by atoms with van der Waals surface area (Å²) in [6.07, 6.45) is 21.0. The molecule has 1 N–H and O–H groups in total. The number of aromatic carboxylic acids is 1. The molecule has 92 heavy (non-hydrogen) atoms. The van der Waals surface area contributed by atoms with E-state index in [2.05, 4.69) is 61.2 Å². The normalized spacial score (nSPS) is 11.4. The second kappa shape index (κ2) is 28.8. The first-order valence-corrected chi connectivity index (χ1v) is 29.9. The molecule has 27 heteroatoms. The highest BCUT2D eigenvalue weighted by Gasteiger charge is 2.34. The smallest absolute Gasteiger partial charge is 0.417 e. The van der Waals surface area contributed by atoms with Crippen molar-refractivity contribution in [2.75, 3.05) is 13.2 Å². The first-order valence-electron chi connectivity index (χ1n) is 27.9. The average Bonchev–Trinajstić information content (AvgIpc) is 1.82. The molecule has 13 aromatic rings. The Hall–Kier alpha value is -10.7. The van der Waals surface area contributed by atoms with Gasteiger partial charge in [-0.2, -0.15) is 33.6 Å². The maximum absolute atomic E-state index is 13.1. The number of ether oxygens (including phenoxy) is 2. The number of hydrogen-bond donors (Lipinski definition) is 1. The molecule has 0 aliphatic rings. The molecule has 1 unspecified atom stereocenters. The molecule has 464 valence electrons. The lowest BCUT2D eigenvalue weighted by Crippen LogP contribution is -2.10. The Morgan fingerprint density at radius 3 is 1.47 bits per heavy atom. The molecule has 0 saturated carbocycles. The van der Waals surface area contributed by atoms with Gasteiger partial charge in [0.1, 0.15) is 16.7 Å². The number of pyridine rings is 8. The number of nitrogens with zero attached hydrogens (tertiary/aromatic N) is 13. The van der Waals surface area contributed by atoms with Gasteiger partial charge in [-0.25, -0.2) is 37.4 Å². The van der Waals surface area contributed by atoms with Gasteiger partial charge in [-0.05, 0) is 84.4 Å². The molecule has 13 aromatic heterocycles. The number of aromatic nitrogens is 13. The van der Waals surface area contributed by atoms with E-state index in [0.29, 0.717) is 45.9 Å². The molecular formula is C65H50BrClF3N13O8S. The molecule has 0 bridgehead atoms. The van der Waals surface area contributed by atoms with E-state index in [1.54, 1.807) is 87.6 Å². The molecular weight excluding hydrogens is 1300 g/mol. The second-order valence-corrected chi connectivity index (χ2v) is 22.4. The summed E-state index contributed by atoms with van der Waals surface area (Å²) in [6, 6.07) is 27.0. The fourth-order valence-electron chi connectivity index (χ4n) is 9.30. The van der Waals surface area contributed by atoms with Gasteiger partial charge < -0.3 is 14.6 Å². The van der Waals surface area contributed by atoms with Crippen molar-refractivity contribution in [2.45, 2.75) is 45.7 Å². The third-order valence-electron chi connectivity index (χ3n) is 13.8. The van der Waals surface area contributed by atoms with Crippen molar-refractivity contribution in [3.63, 3.8) is 0 Å². The largest absolute Gasteiger partial charge is 0.478 e. The van der Waals surface area contributed by atoms with Gasteiger partial charge in [0.2, 0.25) is 0 Å². The van der Waals surface area contributed by atoms with E-state index in [-0.39, 0.29) is 52.6 Å². The first-order chi connectivity index (χ1) is 44.4. The number of alkyl halides is 3. The third kappa shape index (κ3) is 15.1. The Morgan fingerprint density at radius 1 is 0.565 bits per heavy atom. The summed E-state index contributed by atoms with van der Waals surface area (Å²) in [4.78, 5) is 80.8. The lowest BCUT2D eigenvalue weighted by Gasteiger charge is -2.09. The van der Waals surface area contributed by atoms with Crippen LogP contribution in [-0.2, 0) is 22.1 Å². The zero-order valence-electron chi connectivity index (χ0n) is 48.7. The molecule has 13 rings (SSSR count). The van der Waals surface area contributed by atoms with Crippen LogP contribution in [0.15, 0.2) is 195 Å². The van der Waals surface area contributed by atoms with Crippen LogP contribution in [-0.4, -0.2) is 111 Å². The van der Waals surface area contributed by atoms with Gasteiger partial charge in [0, 0.05) is 130 Å². The van der Waals surface area contributed by atoms with Crippen LogP contribution in [0.2, 0.25) is 5.02 Å². The SMILES string of the molecule is CC(CC(=O)c1cnn2cc(-c3cccnc3)ccc12)c1ncc(C(=O)Cc2cc(C(F)(F)F)c(Cl)cn2)s1.CCOC(=O)c1cnn2cc(-c3cccnc3)ccc12.CCOC(=O)c1cnn2cc(Br)ccc12.O=C(O)c1cnn2cc(-c3cccnc3)ccc12. The van der Waals surface area contributed by atoms with Gasteiger partial charge in [-0.15, -0.1) is 11.3 Å². The fraction of sp³-hybridized carbons (Fsp3) is 0.138. The zero-order valence-corrected chi connectivity index (χ0v) is 51.9. The van der Waals surface area contributed by atoms with Crippen molar-refractivity contribution < 1.29 is 51.7 Å².